The molecule has 42 heavy (non-hydrogen) atoms. The van der Waals surface area contributed by atoms with Crippen molar-refractivity contribution in [2.75, 3.05) is 0 Å². The molecule has 0 aromatic carbocycles. The molecule has 5 unspecified atom stereocenters. The lowest BCUT2D eigenvalue weighted by atomic mass is 9.43. The Morgan fingerprint density at radius 3 is 1.90 bits per heavy atom. The first-order chi connectivity index (χ1) is 17.3. The predicted molar refractivity (Wildman–Crippen MR) is 170 cm³/mol. The summed E-state index contributed by atoms with van der Waals surface area (Å²) in [7, 11) is 0. The van der Waals surface area contributed by atoms with Crippen LogP contribution >= 0.6 is 0 Å². The average Bonchev–Trinajstić information content (AvgIpc) is 3.01. The zero-order valence-electron chi connectivity index (χ0n) is 25.1. The van der Waals surface area contributed by atoms with E-state index in [0.29, 0.717) is 24.7 Å². The van der Waals surface area contributed by atoms with E-state index >= 15 is 0 Å². The maximum Gasteiger partial charge on any atom is 0.312 e. The number of rotatable bonds is 9. The van der Waals surface area contributed by atoms with Crippen molar-refractivity contribution in [2.45, 2.75) is 173 Å². The second-order valence-electron chi connectivity index (χ2n) is 15.3. The molecule has 5 atom stereocenters. The number of ether oxygens (including phenoxy) is 3. The molecule has 1 saturated heterocycles. The summed E-state index contributed by atoms with van der Waals surface area (Å²) in [5, 5.41) is 11.4. The number of aliphatic hydroxyl groups is 1. The van der Waals surface area contributed by atoms with E-state index < -0.39 is 39.7 Å². The molecule has 0 amide bonds. The normalized spacial score (nSPS) is 33.4. The highest BCUT2D eigenvalue weighted by atomic mass is 16.6. The van der Waals surface area contributed by atoms with Gasteiger partial charge in [-0.1, -0.05) is 50.5 Å². The second-order valence-corrected chi connectivity index (χ2v) is 15.3. The van der Waals surface area contributed by atoms with Gasteiger partial charge in [0.25, 0.3) is 0 Å². The smallest absolute Gasteiger partial charge is 0.312 e. The van der Waals surface area contributed by atoms with Gasteiger partial charge >= 0.3 is 17.9 Å². The number of carbonyl (C=O) groups excluding carboxylic acids is 3. The zero-order chi connectivity index (χ0) is 28.5. The van der Waals surface area contributed by atoms with Gasteiger partial charge in [-0.15, -0.1) is 0 Å². The van der Waals surface area contributed by atoms with E-state index in [1.54, 1.807) is 27.7 Å². The van der Waals surface area contributed by atoms with Crippen molar-refractivity contribution < 1.29 is 33.7 Å². The molecule has 7 heteroatoms. The van der Waals surface area contributed by atoms with Crippen molar-refractivity contribution in [1.29, 1.82) is 0 Å². The van der Waals surface area contributed by atoms with Gasteiger partial charge in [0.15, 0.2) is 6.10 Å². The molecule has 4 saturated carbocycles. The van der Waals surface area contributed by atoms with Crippen molar-refractivity contribution in [1.82, 2.24) is 0 Å². The highest BCUT2D eigenvalue weighted by Crippen LogP contribution is 2.67. The summed E-state index contributed by atoms with van der Waals surface area (Å²) in [5.74, 6) is -0.0711. The van der Waals surface area contributed by atoms with Crippen molar-refractivity contribution in [3.05, 3.63) is 0 Å². The van der Waals surface area contributed by atoms with Gasteiger partial charge in [-0.05, 0) is 111 Å². The fourth-order valence-electron chi connectivity index (χ4n) is 8.61. The Balaban J connectivity index is 0.00000420. The van der Waals surface area contributed by atoms with E-state index in [2.05, 4.69) is 20.8 Å². The van der Waals surface area contributed by atoms with E-state index in [1.807, 2.05) is 13.8 Å². The number of carbonyl (C=O) groups is 3. The molecule has 248 valence electrons. The monoisotopic (exact) mass is 598 g/mol. The minimum Gasteiger partial charge on any atom is -0.458 e. The third kappa shape index (κ3) is 6.86. The molecule has 1 heterocycles. The quantitative estimate of drug-likeness (QED) is 0.210. The van der Waals surface area contributed by atoms with Gasteiger partial charge in [0, 0.05) is 5.41 Å². The van der Waals surface area contributed by atoms with Crippen LogP contribution in [0.4, 0.5) is 0 Å². The van der Waals surface area contributed by atoms with E-state index in [4.69, 9.17) is 14.2 Å². The molecule has 5 aliphatic rings. The third-order valence-corrected chi connectivity index (χ3v) is 10.9. The molecule has 5 rings (SSSR count). The maximum absolute atomic E-state index is 14.1. The lowest BCUT2D eigenvalue weighted by molar-refractivity contribution is -0.252. The summed E-state index contributed by atoms with van der Waals surface area (Å²) in [6.07, 6.45) is 5.71. The predicted octanol–water partition coefficient (Wildman–Crippen LogP) is 8.29. The van der Waals surface area contributed by atoms with Crippen LogP contribution in [0.2, 0.25) is 0 Å². The van der Waals surface area contributed by atoms with Gasteiger partial charge in [0.2, 0.25) is 0 Å². The van der Waals surface area contributed by atoms with Crippen molar-refractivity contribution in [2.24, 2.45) is 34.0 Å². The van der Waals surface area contributed by atoms with Gasteiger partial charge in [-0.25, -0.2) is 0 Å². The van der Waals surface area contributed by atoms with Gasteiger partial charge < -0.3 is 19.3 Å². The molecule has 0 spiro atoms. The molecular formula is C35H66O7. The Morgan fingerprint density at radius 2 is 1.50 bits per heavy atom. The molecule has 0 radical (unpaired) electrons. The van der Waals surface area contributed by atoms with Crippen molar-refractivity contribution in [3.63, 3.8) is 0 Å². The molecule has 1 N–H and O–H groups in total. The van der Waals surface area contributed by atoms with Gasteiger partial charge in [-0.2, -0.15) is 0 Å². The Hall–Kier alpha value is -1.63. The largest absolute Gasteiger partial charge is 0.458 e. The Morgan fingerprint density at radius 1 is 0.976 bits per heavy atom. The third-order valence-electron chi connectivity index (χ3n) is 10.9. The molecule has 5 fully saturated rings. The van der Waals surface area contributed by atoms with Crippen LogP contribution < -0.4 is 0 Å². The van der Waals surface area contributed by atoms with Crippen molar-refractivity contribution >= 4 is 17.9 Å². The van der Waals surface area contributed by atoms with E-state index in [9.17, 15) is 19.5 Å². The number of esters is 3. The highest BCUT2D eigenvalue weighted by Gasteiger charge is 2.65. The minimum atomic E-state index is -0.977. The molecule has 1 aliphatic heterocycles. The lowest BCUT2D eigenvalue weighted by Crippen LogP contribution is -2.65. The standard InChI is InChI=1S/C31H50O7.4CH4/c1-10-28(8,17-26(4,5)24(33)36-22-12-23(32)37-27(22,6)7)25(34)38-29(9,19(2)3)30-13-20-11-21(14-30)16-31(35,15-20)18-30;;;;/h19-22,35H,10-18H2,1-9H3;4*1H4. The van der Waals surface area contributed by atoms with Gasteiger partial charge in [-0.3, -0.25) is 14.4 Å². The number of cyclic esters (lactones) is 1. The van der Waals surface area contributed by atoms with Crippen LogP contribution in [0.1, 0.15) is 150 Å². The van der Waals surface area contributed by atoms with Gasteiger partial charge in [0.05, 0.1) is 22.9 Å². The Kier molecular flexibility index (Phi) is 12.3. The number of hydrogen-bond donors (Lipinski definition) is 1. The Bertz CT molecular complexity index is 968. The molecule has 4 bridgehead atoms. The maximum atomic E-state index is 14.1. The van der Waals surface area contributed by atoms with Crippen LogP contribution in [0.3, 0.4) is 0 Å². The summed E-state index contributed by atoms with van der Waals surface area (Å²) in [6.45, 7) is 17.2. The summed E-state index contributed by atoms with van der Waals surface area (Å²) < 4.78 is 17.7. The molecule has 4 aliphatic carbocycles. The first kappa shape index (κ1) is 40.4. The minimum absolute atomic E-state index is 0. The Labute approximate surface area is 258 Å². The molecule has 0 aromatic heterocycles. The fraction of sp³-hybridized carbons (Fsp3) is 0.914. The van der Waals surface area contributed by atoms with E-state index in [-0.39, 0.29) is 65.8 Å². The summed E-state index contributed by atoms with van der Waals surface area (Å²) in [5.41, 5.74) is -4.37. The van der Waals surface area contributed by atoms with Crippen LogP contribution in [0.15, 0.2) is 0 Å². The topological polar surface area (TPSA) is 99.1 Å². The van der Waals surface area contributed by atoms with Crippen LogP contribution in [-0.4, -0.2) is 45.9 Å². The lowest BCUT2D eigenvalue weighted by Gasteiger charge is -2.65. The molecule has 7 nitrogen and oxygen atoms in total. The average molecular weight is 599 g/mol. The van der Waals surface area contributed by atoms with Crippen LogP contribution in [0.5, 0.6) is 0 Å². The second kappa shape index (κ2) is 12.8. The highest BCUT2D eigenvalue weighted by molar-refractivity contribution is 5.81. The summed E-state index contributed by atoms with van der Waals surface area (Å²) in [4.78, 5) is 39.2. The van der Waals surface area contributed by atoms with Crippen LogP contribution in [-0.2, 0) is 28.6 Å². The van der Waals surface area contributed by atoms with Crippen LogP contribution in [0, 0.1) is 34.0 Å². The number of hydrogen-bond acceptors (Lipinski definition) is 7. The van der Waals surface area contributed by atoms with E-state index in [1.165, 1.54) is 6.42 Å². The van der Waals surface area contributed by atoms with Gasteiger partial charge in [0.1, 0.15) is 11.2 Å². The van der Waals surface area contributed by atoms with Crippen LogP contribution in [0.25, 0.3) is 0 Å². The first-order valence-corrected chi connectivity index (χ1v) is 14.7. The van der Waals surface area contributed by atoms with Crippen molar-refractivity contribution in [3.8, 4) is 0 Å². The SMILES string of the molecule is C.C.C.C.CCC(C)(CC(C)(C)C(=O)OC1CC(=O)OC1(C)C)C(=O)OC(C)(C(C)C)C12CC3CC(CC(O)(C3)C1)C2. The molecular weight excluding hydrogens is 532 g/mol. The fourth-order valence-corrected chi connectivity index (χ4v) is 8.61. The zero-order valence-corrected chi connectivity index (χ0v) is 25.1. The van der Waals surface area contributed by atoms with E-state index in [0.717, 1.165) is 25.7 Å². The summed E-state index contributed by atoms with van der Waals surface area (Å²) >= 11 is 0. The first-order valence-electron chi connectivity index (χ1n) is 14.7. The molecule has 0 aromatic rings. The summed E-state index contributed by atoms with van der Waals surface area (Å²) in [6, 6.07) is 0.